The van der Waals surface area contributed by atoms with Gasteiger partial charge in [-0.2, -0.15) is 0 Å². The van der Waals surface area contributed by atoms with E-state index in [1.807, 2.05) is 60.7 Å². The minimum atomic E-state index is -0.771. The van der Waals surface area contributed by atoms with Crippen LogP contribution in [0.2, 0.25) is 0 Å². The Bertz CT molecular complexity index is 672. The van der Waals surface area contributed by atoms with Gasteiger partial charge in [0.2, 0.25) is 5.91 Å². The molecule has 2 amide bonds. The number of carbonyl (C=O) groups excluding carboxylic acids is 2. The maximum absolute atomic E-state index is 12.7. The van der Waals surface area contributed by atoms with Crippen molar-refractivity contribution in [2.24, 2.45) is 0 Å². The monoisotopic (exact) mass is 326 g/mol. The molecule has 2 aromatic carbocycles. The Morgan fingerprint density at radius 3 is 1.88 bits per heavy atom. The van der Waals surface area contributed by atoms with Crippen molar-refractivity contribution in [2.75, 3.05) is 21.2 Å². The second kappa shape index (κ2) is 8.26. The van der Waals surface area contributed by atoms with E-state index in [0.717, 1.165) is 11.1 Å². The fourth-order valence-electron chi connectivity index (χ4n) is 2.43. The largest absolute Gasteiger partial charge is 0.367 e. The van der Waals surface area contributed by atoms with Crippen molar-refractivity contribution in [1.29, 1.82) is 0 Å². The Kier molecular flexibility index (Phi) is 6.09. The zero-order chi connectivity index (χ0) is 17.5. The fraction of sp³-hybridized carbons (Fsp3) is 0.263. The molecule has 0 bridgehead atoms. The van der Waals surface area contributed by atoms with Gasteiger partial charge in [0.25, 0.3) is 5.91 Å². The Labute approximate surface area is 142 Å². The third-order valence-corrected chi connectivity index (χ3v) is 3.68. The predicted octanol–water partition coefficient (Wildman–Crippen LogP) is 2.32. The molecule has 1 N–H and O–H groups in total. The lowest BCUT2D eigenvalue weighted by molar-refractivity contribution is -0.138. The van der Waals surface area contributed by atoms with Gasteiger partial charge in [-0.3, -0.25) is 9.59 Å². The first-order chi connectivity index (χ1) is 11.5. The average Bonchev–Trinajstić information content (AvgIpc) is 2.61. The van der Waals surface area contributed by atoms with Gasteiger partial charge in [-0.05, 0) is 11.1 Å². The van der Waals surface area contributed by atoms with E-state index in [2.05, 4.69) is 5.32 Å². The first kappa shape index (κ1) is 17.7. The summed E-state index contributed by atoms with van der Waals surface area (Å²) < 4.78 is 5.34. The summed E-state index contributed by atoms with van der Waals surface area (Å²) in [4.78, 5) is 26.6. The van der Waals surface area contributed by atoms with E-state index in [9.17, 15) is 9.59 Å². The van der Waals surface area contributed by atoms with Gasteiger partial charge in [0, 0.05) is 21.2 Å². The summed E-state index contributed by atoms with van der Waals surface area (Å²) in [5, 5.41) is 2.81. The number of nitrogens with one attached hydrogen (secondary N) is 1. The van der Waals surface area contributed by atoms with Crippen LogP contribution in [-0.2, 0) is 14.3 Å². The first-order valence-electron chi connectivity index (χ1n) is 7.68. The normalized spacial score (nSPS) is 13.0. The molecule has 0 saturated carbocycles. The second-order valence-corrected chi connectivity index (χ2v) is 5.61. The third-order valence-electron chi connectivity index (χ3n) is 3.68. The molecule has 5 nitrogen and oxygen atoms in total. The minimum Gasteiger partial charge on any atom is -0.367 e. The molecule has 0 aliphatic carbocycles. The van der Waals surface area contributed by atoms with Gasteiger partial charge in [-0.15, -0.1) is 0 Å². The Morgan fingerprint density at radius 2 is 1.42 bits per heavy atom. The highest BCUT2D eigenvalue weighted by molar-refractivity contribution is 5.90. The van der Waals surface area contributed by atoms with Gasteiger partial charge >= 0.3 is 0 Å². The molecule has 0 fully saturated rings. The van der Waals surface area contributed by atoms with E-state index in [4.69, 9.17) is 4.74 Å². The lowest BCUT2D eigenvalue weighted by Gasteiger charge is -2.24. The summed E-state index contributed by atoms with van der Waals surface area (Å²) >= 11 is 0. The highest BCUT2D eigenvalue weighted by atomic mass is 16.5. The SMILES string of the molecule is CO[C@H](C(=O)N[C@H](C(=O)N(C)C)c1ccccc1)c1ccccc1. The zero-order valence-electron chi connectivity index (χ0n) is 14.1. The first-order valence-corrected chi connectivity index (χ1v) is 7.68. The number of hydrogen-bond acceptors (Lipinski definition) is 3. The van der Waals surface area contributed by atoms with E-state index >= 15 is 0 Å². The summed E-state index contributed by atoms with van der Waals surface area (Å²) in [6, 6.07) is 17.6. The topological polar surface area (TPSA) is 58.6 Å². The summed E-state index contributed by atoms with van der Waals surface area (Å²) in [5.74, 6) is -0.551. The molecule has 5 heteroatoms. The summed E-state index contributed by atoms with van der Waals surface area (Å²) in [7, 11) is 4.80. The maximum Gasteiger partial charge on any atom is 0.254 e. The quantitative estimate of drug-likeness (QED) is 0.886. The van der Waals surface area contributed by atoms with Crippen LogP contribution in [0.4, 0.5) is 0 Å². The molecule has 2 aromatic rings. The van der Waals surface area contributed by atoms with Crippen molar-refractivity contribution in [3.63, 3.8) is 0 Å². The number of methoxy groups -OCH3 is 1. The molecule has 0 spiro atoms. The molecule has 0 aliphatic heterocycles. The van der Waals surface area contributed by atoms with Crippen molar-refractivity contribution in [1.82, 2.24) is 10.2 Å². The van der Waals surface area contributed by atoms with Crippen LogP contribution < -0.4 is 5.32 Å². The molecule has 24 heavy (non-hydrogen) atoms. The molecular weight excluding hydrogens is 304 g/mol. The smallest absolute Gasteiger partial charge is 0.254 e. The molecule has 0 radical (unpaired) electrons. The number of nitrogens with zero attached hydrogens (tertiary/aromatic N) is 1. The van der Waals surface area contributed by atoms with Crippen LogP contribution in [0.5, 0.6) is 0 Å². The van der Waals surface area contributed by atoms with Crippen LogP contribution in [0, 0.1) is 0 Å². The molecule has 2 rings (SSSR count). The van der Waals surface area contributed by atoms with Gasteiger partial charge in [-0.25, -0.2) is 0 Å². The standard InChI is InChI=1S/C19H22N2O3/c1-21(2)19(23)16(14-10-6-4-7-11-14)20-18(22)17(24-3)15-12-8-5-9-13-15/h4-13,16-17H,1-3H3,(H,20,22)/t16-,17-/m0/s1. The van der Waals surface area contributed by atoms with E-state index in [0.29, 0.717) is 0 Å². The van der Waals surface area contributed by atoms with Gasteiger partial charge in [0.05, 0.1) is 0 Å². The molecule has 2 atom stereocenters. The molecule has 0 heterocycles. The molecular formula is C19H22N2O3. The number of carbonyl (C=O) groups is 2. The van der Waals surface area contributed by atoms with Crippen LogP contribution in [0.3, 0.4) is 0 Å². The molecule has 0 aliphatic rings. The van der Waals surface area contributed by atoms with E-state index < -0.39 is 12.1 Å². The van der Waals surface area contributed by atoms with Crippen LogP contribution in [0.15, 0.2) is 60.7 Å². The van der Waals surface area contributed by atoms with Crippen molar-refractivity contribution < 1.29 is 14.3 Å². The number of rotatable bonds is 6. The predicted molar refractivity (Wildman–Crippen MR) is 92.2 cm³/mol. The highest BCUT2D eigenvalue weighted by Gasteiger charge is 2.28. The van der Waals surface area contributed by atoms with Crippen LogP contribution in [-0.4, -0.2) is 37.9 Å². The summed E-state index contributed by atoms with van der Waals surface area (Å²) in [5.41, 5.74) is 1.47. The number of likely N-dealkylation sites (N-methyl/N-ethyl adjacent to an activating group) is 1. The fourth-order valence-corrected chi connectivity index (χ4v) is 2.43. The van der Waals surface area contributed by atoms with E-state index in [1.165, 1.54) is 12.0 Å². The summed E-state index contributed by atoms with van der Waals surface area (Å²) in [6.07, 6.45) is -0.771. The zero-order valence-corrected chi connectivity index (χ0v) is 14.1. The van der Waals surface area contributed by atoms with Crippen molar-refractivity contribution >= 4 is 11.8 Å². The Morgan fingerprint density at radius 1 is 0.917 bits per heavy atom. The van der Waals surface area contributed by atoms with Crippen LogP contribution in [0.1, 0.15) is 23.3 Å². The van der Waals surface area contributed by atoms with Crippen molar-refractivity contribution in [3.05, 3.63) is 71.8 Å². The molecule has 0 saturated heterocycles. The number of ether oxygens (including phenoxy) is 1. The number of benzene rings is 2. The Hall–Kier alpha value is -2.66. The third kappa shape index (κ3) is 4.20. The van der Waals surface area contributed by atoms with Crippen molar-refractivity contribution in [3.8, 4) is 0 Å². The number of hydrogen-bond donors (Lipinski definition) is 1. The molecule has 126 valence electrons. The minimum absolute atomic E-state index is 0.197. The van der Waals surface area contributed by atoms with E-state index in [-0.39, 0.29) is 11.8 Å². The lowest BCUT2D eigenvalue weighted by Crippen LogP contribution is -2.42. The average molecular weight is 326 g/mol. The number of amides is 2. The maximum atomic E-state index is 12.7. The lowest BCUT2D eigenvalue weighted by atomic mass is 10.0. The highest BCUT2D eigenvalue weighted by Crippen LogP contribution is 2.20. The molecule has 0 unspecified atom stereocenters. The van der Waals surface area contributed by atoms with Crippen LogP contribution >= 0.6 is 0 Å². The summed E-state index contributed by atoms with van der Waals surface area (Å²) in [6.45, 7) is 0. The Balaban J connectivity index is 2.25. The molecule has 0 aromatic heterocycles. The van der Waals surface area contributed by atoms with Gasteiger partial charge in [0.1, 0.15) is 6.04 Å². The van der Waals surface area contributed by atoms with Gasteiger partial charge in [0.15, 0.2) is 6.10 Å². The van der Waals surface area contributed by atoms with Gasteiger partial charge < -0.3 is 15.0 Å². The van der Waals surface area contributed by atoms with Crippen LogP contribution in [0.25, 0.3) is 0 Å². The van der Waals surface area contributed by atoms with Crippen molar-refractivity contribution in [2.45, 2.75) is 12.1 Å². The van der Waals surface area contributed by atoms with Gasteiger partial charge in [-0.1, -0.05) is 60.7 Å². The van der Waals surface area contributed by atoms with E-state index in [1.54, 1.807) is 14.1 Å². The second-order valence-electron chi connectivity index (χ2n) is 5.61.